The molecule has 3 aliphatic heterocycles. The Bertz CT molecular complexity index is 2340. The van der Waals surface area contributed by atoms with E-state index in [1.165, 1.54) is 31.5 Å². The molecular formula is C45H52F4N8O8. The zero-order chi connectivity index (χ0) is 46.6. The molecule has 3 atom stereocenters. The molecule has 0 saturated carbocycles. The normalized spacial score (nSPS) is 18.9. The second-order valence-electron chi connectivity index (χ2n) is 17.2. The average molecular weight is 909 g/mol. The van der Waals surface area contributed by atoms with E-state index in [2.05, 4.69) is 30.3 Å². The van der Waals surface area contributed by atoms with Crippen molar-refractivity contribution in [3.63, 3.8) is 0 Å². The number of hydrogen-bond donors (Lipinski definition) is 3. The van der Waals surface area contributed by atoms with Crippen molar-refractivity contribution in [2.24, 2.45) is 11.3 Å². The van der Waals surface area contributed by atoms with Gasteiger partial charge in [-0.15, -0.1) is 13.2 Å². The summed E-state index contributed by atoms with van der Waals surface area (Å²) in [6.07, 6.45) is -1.78. The van der Waals surface area contributed by atoms with Crippen molar-refractivity contribution < 1.29 is 55.7 Å². The van der Waals surface area contributed by atoms with E-state index in [4.69, 9.17) is 14.2 Å². The number of hydrogen-bond acceptors (Lipinski definition) is 11. The van der Waals surface area contributed by atoms with Gasteiger partial charge in [0.05, 0.1) is 42.4 Å². The maximum atomic E-state index is 15.7. The average Bonchev–Trinajstić information content (AvgIpc) is 3.97. The number of carbonyl (C=O) groups excluding carboxylic acids is 4. The molecule has 0 aliphatic carbocycles. The number of rotatable bonds is 11. The fourth-order valence-electron chi connectivity index (χ4n) is 8.35. The smallest absolute Gasteiger partial charge is 0.453 e. The fourth-order valence-corrected chi connectivity index (χ4v) is 8.35. The summed E-state index contributed by atoms with van der Waals surface area (Å²) in [6.45, 7) is 8.83. The molecule has 7 rings (SSSR count). The zero-order valence-corrected chi connectivity index (χ0v) is 36.7. The third kappa shape index (κ3) is 11.0. The van der Waals surface area contributed by atoms with E-state index in [1.54, 1.807) is 41.3 Å². The molecule has 4 aromatic rings. The van der Waals surface area contributed by atoms with Crippen molar-refractivity contribution in [1.82, 2.24) is 30.1 Å². The van der Waals surface area contributed by atoms with Crippen LogP contribution in [0.3, 0.4) is 0 Å². The molecular weight excluding hydrogens is 857 g/mol. The van der Waals surface area contributed by atoms with Gasteiger partial charge in [-0.05, 0) is 48.1 Å². The predicted octanol–water partition coefficient (Wildman–Crippen LogP) is 6.56. The van der Waals surface area contributed by atoms with Gasteiger partial charge in [0.2, 0.25) is 11.8 Å². The van der Waals surface area contributed by atoms with E-state index < -0.39 is 53.1 Å². The van der Waals surface area contributed by atoms with Crippen LogP contribution in [0.5, 0.6) is 5.75 Å². The molecule has 4 amide bonds. The van der Waals surface area contributed by atoms with Crippen LogP contribution in [-0.2, 0) is 23.8 Å². The number of nitrogens with zero attached hydrogens (tertiary/aromatic N) is 5. The molecule has 3 aliphatic rings. The number of aromatic amines is 1. The molecule has 3 fully saturated rings. The first-order valence-corrected chi connectivity index (χ1v) is 21.2. The largest absolute Gasteiger partial charge is 0.573 e. The SMILES string of the molecule is COC(=O)NC(C(=O)N1C[C@@H](OC)C[C@H]1c1ncc(-c2ccc(-c3cc(F)c(NC(=O)c4ccc(N5CCN(C(=O)C(C)(C)C)CC5)nc4)cc3OC(F)(F)F)cc2)[nH]1)C1CCOCC1. The number of nitrogens with one attached hydrogen (secondary N) is 3. The van der Waals surface area contributed by atoms with Crippen LogP contribution in [0.1, 0.15) is 62.3 Å². The van der Waals surface area contributed by atoms with E-state index in [-0.39, 0.29) is 47.1 Å². The number of imidazole rings is 1. The topological polar surface area (TPSA) is 181 Å². The molecule has 0 bridgehead atoms. The molecule has 0 radical (unpaired) electrons. The lowest BCUT2D eigenvalue weighted by atomic mass is 9.90. The highest BCUT2D eigenvalue weighted by Crippen LogP contribution is 2.39. The van der Waals surface area contributed by atoms with Gasteiger partial charge < -0.3 is 49.3 Å². The van der Waals surface area contributed by atoms with Gasteiger partial charge in [-0.3, -0.25) is 14.4 Å². The summed E-state index contributed by atoms with van der Waals surface area (Å²) in [7, 11) is 2.78. The van der Waals surface area contributed by atoms with Crippen LogP contribution in [0.15, 0.2) is 60.9 Å². The number of aromatic nitrogens is 3. The first kappa shape index (κ1) is 46.7. The number of alkyl carbamates (subject to hydrolysis) is 1. The van der Waals surface area contributed by atoms with Gasteiger partial charge >= 0.3 is 12.5 Å². The van der Waals surface area contributed by atoms with Gasteiger partial charge in [0.1, 0.15) is 29.3 Å². The third-order valence-electron chi connectivity index (χ3n) is 11.8. The van der Waals surface area contributed by atoms with Crippen molar-refractivity contribution in [2.75, 3.05) is 70.4 Å². The molecule has 20 heteroatoms. The van der Waals surface area contributed by atoms with Gasteiger partial charge in [0, 0.05) is 82.7 Å². The Morgan fingerprint density at radius 2 is 1.60 bits per heavy atom. The minimum Gasteiger partial charge on any atom is -0.453 e. The maximum Gasteiger partial charge on any atom is 0.573 e. The Balaban J connectivity index is 1.05. The van der Waals surface area contributed by atoms with Gasteiger partial charge in [-0.2, -0.15) is 0 Å². The summed E-state index contributed by atoms with van der Waals surface area (Å²) in [6, 6.07) is 9.51. The Morgan fingerprint density at radius 3 is 2.22 bits per heavy atom. The number of pyridine rings is 1. The number of H-pyrrole nitrogens is 1. The number of likely N-dealkylation sites (tertiary alicyclic amines) is 1. The maximum absolute atomic E-state index is 15.7. The van der Waals surface area contributed by atoms with Gasteiger partial charge in [0.15, 0.2) is 0 Å². The molecule has 2 aromatic carbocycles. The monoisotopic (exact) mass is 908 g/mol. The van der Waals surface area contributed by atoms with E-state index in [9.17, 15) is 32.3 Å². The lowest BCUT2D eigenvalue weighted by Gasteiger charge is -2.38. The van der Waals surface area contributed by atoms with Crippen LogP contribution in [0, 0.1) is 17.2 Å². The van der Waals surface area contributed by atoms with Crippen LogP contribution in [0.4, 0.5) is 33.9 Å². The highest BCUT2D eigenvalue weighted by atomic mass is 19.4. The number of halogens is 4. The first-order valence-electron chi connectivity index (χ1n) is 21.2. The molecule has 3 N–H and O–H groups in total. The molecule has 16 nitrogen and oxygen atoms in total. The van der Waals surface area contributed by atoms with Gasteiger partial charge in [0.25, 0.3) is 5.91 Å². The Labute approximate surface area is 372 Å². The van der Waals surface area contributed by atoms with E-state index in [1.807, 2.05) is 25.7 Å². The molecule has 348 valence electrons. The summed E-state index contributed by atoms with van der Waals surface area (Å²) < 4.78 is 77.2. The quantitative estimate of drug-likeness (QED) is 0.139. The number of piperazine rings is 1. The number of alkyl halides is 3. The van der Waals surface area contributed by atoms with Crippen LogP contribution < -0.4 is 20.3 Å². The molecule has 1 unspecified atom stereocenters. The molecule has 3 saturated heterocycles. The second kappa shape index (κ2) is 19.4. The Kier molecular flexibility index (Phi) is 14.0. The van der Waals surface area contributed by atoms with E-state index in [0.29, 0.717) is 81.6 Å². The minimum absolute atomic E-state index is 0.0371. The summed E-state index contributed by atoms with van der Waals surface area (Å²) in [5, 5.41) is 5.06. The number of benzene rings is 2. The van der Waals surface area contributed by atoms with E-state index >= 15 is 4.39 Å². The van der Waals surface area contributed by atoms with Crippen LogP contribution >= 0.6 is 0 Å². The van der Waals surface area contributed by atoms with Crippen LogP contribution in [0.25, 0.3) is 22.4 Å². The highest BCUT2D eigenvalue weighted by molar-refractivity contribution is 6.04. The fraction of sp³-hybridized carbons (Fsp3) is 0.467. The number of ether oxygens (including phenoxy) is 4. The zero-order valence-electron chi connectivity index (χ0n) is 36.7. The number of methoxy groups -OCH3 is 2. The van der Waals surface area contributed by atoms with Crippen molar-refractivity contribution in [3.05, 3.63) is 78.1 Å². The number of carbonyl (C=O) groups is 4. The van der Waals surface area contributed by atoms with Crippen LogP contribution in [0.2, 0.25) is 0 Å². The highest BCUT2D eigenvalue weighted by Gasteiger charge is 2.43. The predicted molar refractivity (Wildman–Crippen MR) is 229 cm³/mol. The minimum atomic E-state index is -5.15. The summed E-state index contributed by atoms with van der Waals surface area (Å²) in [5.74, 6) is -1.98. The van der Waals surface area contributed by atoms with Crippen molar-refractivity contribution >= 4 is 35.3 Å². The standard InChI is InChI=1S/C45H52F4N8O8/c1-44(2,3)42(60)56-16-14-55(15-17-56)37-11-10-29(23-50-37)40(58)53-33-22-36(65-45(47,48)49)31(21-32(33)46)26-6-8-27(9-7-26)34-24-51-39(52-34)35-20-30(62-4)25-57(35)41(59)38(54-43(61)63-5)28-12-18-64-19-13-28/h6-11,21-24,28,30,35,38H,12-20,25H2,1-5H3,(H,51,52)(H,53,58)(H,54,61)/t30-,35-,38?/m0/s1. The number of amides is 4. The molecule has 65 heavy (non-hydrogen) atoms. The van der Waals surface area contributed by atoms with Gasteiger partial charge in [-0.1, -0.05) is 45.0 Å². The number of anilines is 2. The van der Waals surface area contributed by atoms with Gasteiger partial charge in [-0.25, -0.2) is 19.2 Å². The summed E-state index contributed by atoms with van der Waals surface area (Å²) >= 11 is 0. The van der Waals surface area contributed by atoms with Crippen molar-refractivity contribution in [2.45, 2.75) is 64.6 Å². The summed E-state index contributed by atoms with van der Waals surface area (Å²) in [5.41, 5.74) is 0.0608. The lowest BCUT2D eigenvalue weighted by Crippen LogP contribution is -2.53. The summed E-state index contributed by atoms with van der Waals surface area (Å²) in [4.78, 5) is 70.0. The van der Waals surface area contributed by atoms with Crippen molar-refractivity contribution in [3.8, 4) is 28.1 Å². The Morgan fingerprint density at radius 1 is 0.908 bits per heavy atom. The third-order valence-corrected chi connectivity index (χ3v) is 11.8. The van der Waals surface area contributed by atoms with E-state index in [0.717, 1.165) is 12.1 Å². The molecule has 0 spiro atoms. The van der Waals surface area contributed by atoms with Crippen molar-refractivity contribution in [1.29, 1.82) is 0 Å². The lowest BCUT2D eigenvalue weighted by molar-refractivity contribution is -0.274. The Hall–Kier alpha value is -6.28. The first-order chi connectivity index (χ1) is 30.9. The van der Waals surface area contributed by atoms with Crippen LogP contribution in [-0.4, -0.2) is 127 Å². The molecule has 2 aromatic heterocycles. The second-order valence-corrected chi connectivity index (χ2v) is 17.2. The molecule has 5 heterocycles.